The lowest BCUT2D eigenvalue weighted by Gasteiger charge is -2.29. The topological polar surface area (TPSA) is 79.5 Å². The van der Waals surface area contributed by atoms with Crippen LogP contribution in [0.15, 0.2) is 59.4 Å². The molecule has 136 valence electrons. The Balaban J connectivity index is 1.52. The van der Waals surface area contributed by atoms with Gasteiger partial charge in [-0.15, -0.1) is 0 Å². The van der Waals surface area contributed by atoms with Crippen molar-refractivity contribution < 1.29 is 14.3 Å². The third-order valence-electron chi connectivity index (χ3n) is 4.71. The van der Waals surface area contributed by atoms with Crippen LogP contribution in [0, 0.1) is 0 Å². The van der Waals surface area contributed by atoms with Crippen LogP contribution in [0.4, 0.5) is 5.69 Å². The van der Waals surface area contributed by atoms with E-state index >= 15 is 0 Å². The highest BCUT2D eigenvalue weighted by Crippen LogP contribution is 2.26. The molecule has 0 atom stereocenters. The van der Waals surface area contributed by atoms with E-state index in [0.29, 0.717) is 17.4 Å². The summed E-state index contributed by atoms with van der Waals surface area (Å²) in [4.78, 5) is 41.2. The summed E-state index contributed by atoms with van der Waals surface area (Å²) in [5.41, 5.74) is 2.29. The number of amides is 1. The lowest BCUT2D eigenvalue weighted by molar-refractivity contribution is -0.121. The summed E-state index contributed by atoms with van der Waals surface area (Å²) >= 11 is 0. The molecule has 2 heterocycles. The number of anilines is 1. The predicted molar refractivity (Wildman–Crippen MR) is 102 cm³/mol. The summed E-state index contributed by atoms with van der Waals surface area (Å²) in [5, 5.41) is 0.581. The SMILES string of the molecule is O=C(OCC(=O)N1CCCc2ccccc21)c1cc(=O)[nH]c2ccccc12. The molecule has 2 aromatic carbocycles. The minimum atomic E-state index is -0.684. The average molecular weight is 362 g/mol. The second-order valence-electron chi connectivity index (χ2n) is 6.45. The predicted octanol–water partition coefficient (Wildman–Crippen LogP) is 2.66. The van der Waals surface area contributed by atoms with Crippen molar-refractivity contribution in [2.75, 3.05) is 18.1 Å². The Morgan fingerprint density at radius 2 is 1.85 bits per heavy atom. The van der Waals surface area contributed by atoms with Gasteiger partial charge in [0.1, 0.15) is 0 Å². The van der Waals surface area contributed by atoms with E-state index in [0.717, 1.165) is 24.1 Å². The van der Waals surface area contributed by atoms with Gasteiger partial charge in [0.05, 0.1) is 5.56 Å². The van der Waals surface area contributed by atoms with Crippen molar-refractivity contribution in [1.82, 2.24) is 4.98 Å². The van der Waals surface area contributed by atoms with Crippen LogP contribution in [0.2, 0.25) is 0 Å². The van der Waals surface area contributed by atoms with Crippen LogP contribution < -0.4 is 10.5 Å². The number of nitrogens with zero attached hydrogens (tertiary/aromatic N) is 1. The van der Waals surface area contributed by atoms with Gasteiger partial charge in [0, 0.05) is 29.2 Å². The highest BCUT2D eigenvalue weighted by Gasteiger charge is 2.23. The molecule has 1 amide bonds. The maximum atomic E-state index is 12.6. The fraction of sp³-hybridized carbons (Fsp3) is 0.190. The molecule has 6 heteroatoms. The maximum Gasteiger partial charge on any atom is 0.339 e. The number of hydrogen-bond acceptors (Lipinski definition) is 4. The number of benzene rings is 2. The average Bonchev–Trinajstić information content (AvgIpc) is 2.70. The van der Waals surface area contributed by atoms with Crippen molar-refractivity contribution in [3.8, 4) is 0 Å². The molecular formula is C21H18N2O4. The number of aromatic amines is 1. The fourth-order valence-corrected chi connectivity index (χ4v) is 3.45. The van der Waals surface area contributed by atoms with E-state index in [4.69, 9.17) is 4.74 Å². The third-order valence-corrected chi connectivity index (χ3v) is 4.71. The van der Waals surface area contributed by atoms with E-state index in [1.165, 1.54) is 6.07 Å². The van der Waals surface area contributed by atoms with Crippen LogP contribution in [-0.4, -0.2) is 30.0 Å². The molecule has 6 nitrogen and oxygen atoms in total. The van der Waals surface area contributed by atoms with Gasteiger partial charge in [-0.1, -0.05) is 36.4 Å². The van der Waals surface area contributed by atoms with Crippen molar-refractivity contribution in [2.24, 2.45) is 0 Å². The largest absolute Gasteiger partial charge is 0.452 e. The molecule has 0 bridgehead atoms. The molecule has 0 radical (unpaired) electrons. The second-order valence-corrected chi connectivity index (χ2v) is 6.45. The van der Waals surface area contributed by atoms with Gasteiger partial charge in [-0.05, 0) is 30.5 Å². The monoisotopic (exact) mass is 362 g/mol. The van der Waals surface area contributed by atoms with Crippen molar-refractivity contribution in [1.29, 1.82) is 0 Å². The standard InChI is InChI=1S/C21H18N2O4/c24-19-12-16(15-8-2-3-9-17(15)22-19)21(26)27-13-20(25)23-11-5-7-14-6-1-4-10-18(14)23/h1-4,6,8-10,12H,5,7,11,13H2,(H,22,24). The van der Waals surface area contributed by atoms with Crippen LogP contribution in [0.1, 0.15) is 22.3 Å². The molecule has 0 unspecified atom stereocenters. The van der Waals surface area contributed by atoms with Crippen LogP contribution in [0.3, 0.4) is 0 Å². The zero-order valence-corrected chi connectivity index (χ0v) is 14.6. The second kappa shape index (κ2) is 7.07. The van der Waals surface area contributed by atoms with Gasteiger partial charge in [0.25, 0.3) is 5.91 Å². The number of rotatable bonds is 3. The van der Waals surface area contributed by atoms with Gasteiger partial charge in [-0.2, -0.15) is 0 Å². The van der Waals surface area contributed by atoms with Gasteiger partial charge >= 0.3 is 5.97 Å². The summed E-state index contributed by atoms with van der Waals surface area (Å²) in [6, 6.07) is 15.9. The first-order valence-corrected chi connectivity index (χ1v) is 8.81. The Morgan fingerprint density at radius 3 is 2.74 bits per heavy atom. The number of ether oxygens (including phenoxy) is 1. The number of H-pyrrole nitrogens is 1. The molecule has 1 aliphatic rings. The lowest BCUT2D eigenvalue weighted by atomic mass is 10.0. The number of nitrogens with one attached hydrogen (secondary N) is 1. The number of para-hydroxylation sites is 2. The molecule has 1 aliphatic heterocycles. The number of carbonyl (C=O) groups is 2. The van der Waals surface area contributed by atoms with Crippen molar-refractivity contribution >= 4 is 28.5 Å². The molecule has 1 N–H and O–H groups in total. The molecule has 0 saturated heterocycles. The van der Waals surface area contributed by atoms with Crippen LogP contribution >= 0.6 is 0 Å². The molecule has 0 fully saturated rings. The molecule has 0 aliphatic carbocycles. The summed E-state index contributed by atoms with van der Waals surface area (Å²) in [5.74, 6) is -0.958. The smallest absolute Gasteiger partial charge is 0.339 e. The van der Waals surface area contributed by atoms with E-state index in [1.54, 1.807) is 29.2 Å². The molecule has 27 heavy (non-hydrogen) atoms. The number of fused-ring (bicyclic) bond motifs is 2. The number of pyridine rings is 1. The lowest BCUT2D eigenvalue weighted by Crippen LogP contribution is -2.38. The van der Waals surface area contributed by atoms with Gasteiger partial charge < -0.3 is 14.6 Å². The van der Waals surface area contributed by atoms with Crippen LogP contribution in [0.5, 0.6) is 0 Å². The molecule has 4 rings (SSSR count). The van der Waals surface area contributed by atoms with E-state index in [9.17, 15) is 14.4 Å². The third kappa shape index (κ3) is 3.33. The minimum absolute atomic E-state index is 0.154. The Hall–Kier alpha value is -3.41. The number of aromatic nitrogens is 1. The normalized spacial score (nSPS) is 13.3. The number of esters is 1. The molecule has 0 saturated carbocycles. The zero-order valence-electron chi connectivity index (χ0n) is 14.6. The first kappa shape index (κ1) is 17.0. The van der Waals surface area contributed by atoms with E-state index in [1.807, 2.05) is 24.3 Å². The summed E-state index contributed by atoms with van der Waals surface area (Å²) in [6.07, 6.45) is 1.80. The van der Waals surface area contributed by atoms with Gasteiger partial charge in [-0.25, -0.2) is 4.79 Å². The first-order valence-electron chi connectivity index (χ1n) is 8.81. The summed E-state index contributed by atoms with van der Waals surface area (Å²) in [7, 11) is 0. The maximum absolute atomic E-state index is 12.6. The fourth-order valence-electron chi connectivity index (χ4n) is 3.45. The Bertz CT molecular complexity index is 1090. The van der Waals surface area contributed by atoms with E-state index in [-0.39, 0.29) is 18.1 Å². The highest BCUT2D eigenvalue weighted by atomic mass is 16.5. The van der Waals surface area contributed by atoms with Crippen molar-refractivity contribution in [3.05, 3.63) is 76.1 Å². The van der Waals surface area contributed by atoms with Crippen molar-refractivity contribution in [3.63, 3.8) is 0 Å². The first-order chi connectivity index (χ1) is 13.1. The van der Waals surface area contributed by atoms with Crippen molar-refractivity contribution in [2.45, 2.75) is 12.8 Å². The Morgan fingerprint density at radius 1 is 1.07 bits per heavy atom. The number of hydrogen-bond donors (Lipinski definition) is 1. The van der Waals surface area contributed by atoms with E-state index in [2.05, 4.69) is 4.98 Å². The van der Waals surface area contributed by atoms with Gasteiger partial charge in [0.2, 0.25) is 5.56 Å². The van der Waals surface area contributed by atoms with E-state index < -0.39 is 11.5 Å². The molecule has 3 aromatic rings. The van der Waals surface area contributed by atoms with Gasteiger partial charge in [-0.3, -0.25) is 9.59 Å². The summed E-state index contributed by atoms with van der Waals surface area (Å²) < 4.78 is 5.24. The zero-order chi connectivity index (χ0) is 18.8. The number of carbonyl (C=O) groups excluding carboxylic acids is 2. The minimum Gasteiger partial charge on any atom is -0.452 e. The molecular weight excluding hydrogens is 344 g/mol. The summed E-state index contributed by atoms with van der Waals surface area (Å²) in [6.45, 7) is 0.232. The number of aryl methyl sites for hydroxylation is 1. The van der Waals surface area contributed by atoms with Gasteiger partial charge in [0.15, 0.2) is 6.61 Å². The Labute approximate surface area is 155 Å². The quantitative estimate of drug-likeness (QED) is 0.727. The van der Waals surface area contributed by atoms with Crippen LogP contribution in [0.25, 0.3) is 10.9 Å². The van der Waals surface area contributed by atoms with Crippen LogP contribution in [-0.2, 0) is 16.0 Å². The molecule has 1 aromatic heterocycles. The Kier molecular flexibility index (Phi) is 4.46. The highest BCUT2D eigenvalue weighted by molar-refractivity contribution is 6.04. The molecule has 0 spiro atoms.